The number of alkyl halides is 3. The molecule has 1 aromatic carbocycles. The van der Waals surface area contributed by atoms with Crippen LogP contribution in [0.15, 0.2) is 40.6 Å². The molecule has 1 heterocycles. The highest BCUT2D eigenvalue weighted by Crippen LogP contribution is 2.36. The summed E-state index contributed by atoms with van der Waals surface area (Å²) in [5.41, 5.74) is -1.39. The number of carbonyl (C=O) groups is 1. The third-order valence-corrected chi connectivity index (χ3v) is 6.07. The summed E-state index contributed by atoms with van der Waals surface area (Å²) >= 11 is 6.73. The van der Waals surface area contributed by atoms with Crippen LogP contribution in [-0.4, -0.2) is 21.5 Å². The van der Waals surface area contributed by atoms with Crippen LogP contribution in [0.5, 0.6) is 0 Å². The Labute approximate surface area is 156 Å². The number of hydrogen-bond donors (Lipinski definition) is 1. The maximum absolute atomic E-state index is 13.2. The van der Waals surface area contributed by atoms with Crippen LogP contribution >= 0.6 is 22.9 Å². The first-order valence-electron chi connectivity index (χ1n) is 7.04. The molecule has 142 valence electrons. The van der Waals surface area contributed by atoms with Gasteiger partial charge in [0.1, 0.15) is 0 Å². The molecule has 0 radical (unpaired) electrons. The lowest BCUT2D eigenvalue weighted by molar-refractivity contribution is -0.141. The minimum atomic E-state index is -4.92. The fraction of sp³-hybridized carbons (Fsp3) is 0.267. The van der Waals surface area contributed by atoms with Crippen LogP contribution in [0.2, 0.25) is 5.02 Å². The second-order valence-electron chi connectivity index (χ2n) is 5.11. The normalized spacial score (nSPS) is 13.4. The number of methoxy groups -OCH3 is 1. The Bertz CT molecular complexity index is 883. The number of carbonyl (C=O) groups excluding carboxylic acids is 1. The highest BCUT2D eigenvalue weighted by Gasteiger charge is 2.38. The molecule has 26 heavy (non-hydrogen) atoms. The number of thiophene rings is 1. The molecule has 0 unspecified atom stereocenters. The summed E-state index contributed by atoms with van der Waals surface area (Å²) in [5.74, 6) is -0.710. The van der Waals surface area contributed by atoms with Crippen molar-refractivity contribution in [3.8, 4) is 0 Å². The van der Waals surface area contributed by atoms with Crippen molar-refractivity contribution in [1.29, 1.82) is 0 Å². The molecule has 0 aliphatic carbocycles. The van der Waals surface area contributed by atoms with Gasteiger partial charge in [0.05, 0.1) is 30.0 Å². The van der Waals surface area contributed by atoms with Gasteiger partial charge in [-0.2, -0.15) is 13.2 Å². The molecule has 0 aliphatic heterocycles. The number of benzene rings is 1. The number of nitrogens with one attached hydrogen (secondary N) is 1. The molecule has 5 nitrogen and oxygen atoms in total. The molecular weight excluding hydrogens is 415 g/mol. The standard InChI is InChI=1S/C15H13ClF3NO4S2/c1-24-14(21)8-11(12-3-2-6-25-12)20-26(22,23)13-5-4-9(16)7-10(13)15(17,18)19/h2-7,11,20H,8H2,1H3/t11-/m0/s1. The van der Waals surface area contributed by atoms with Crippen molar-refractivity contribution in [2.75, 3.05) is 7.11 Å². The quantitative estimate of drug-likeness (QED) is 0.707. The van der Waals surface area contributed by atoms with Crippen molar-refractivity contribution >= 4 is 38.9 Å². The zero-order valence-electron chi connectivity index (χ0n) is 13.2. The van der Waals surface area contributed by atoms with Crippen molar-refractivity contribution in [2.24, 2.45) is 0 Å². The summed E-state index contributed by atoms with van der Waals surface area (Å²) in [5, 5.41) is 1.40. The van der Waals surface area contributed by atoms with Crippen LogP contribution in [0.25, 0.3) is 0 Å². The maximum atomic E-state index is 13.2. The lowest BCUT2D eigenvalue weighted by Gasteiger charge is -2.19. The topological polar surface area (TPSA) is 72.5 Å². The van der Waals surface area contributed by atoms with Crippen molar-refractivity contribution in [3.63, 3.8) is 0 Å². The molecule has 2 rings (SSSR count). The van der Waals surface area contributed by atoms with Crippen LogP contribution < -0.4 is 4.72 Å². The van der Waals surface area contributed by atoms with Crippen LogP contribution in [-0.2, 0) is 25.7 Å². The highest BCUT2D eigenvalue weighted by molar-refractivity contribution is 7.89. The van der Waals surface area contributed by atoms with Crippen LogP contribution in [0.4, 0.5) is 13.2 Å². The fourth-order valence-electron chi connectivity index (χ4n) is 2.15. The van der Waals surface area contributed by atoms with Crippen molar-refractivity contribution in [3.05, 3.63) is 51.2 Å². The molecule has 11 heteroatoms. The van der Waals surface area contributed by atoms with E-state index in [0.717, 1.165) is 30.6 Å². The van der Waals surface area contributed by atoms with Gasteiger partial charge >= 0.3 is 12.1 Å². The summed E-state index contributed by atoms with van der Waals surface area (Å²) in [4.78, 5) is 11.0. The second kappa shape index (κ2) is 7.95. The van der Waals surface area contributed by atoms with Gasteiger partial charge in [-0.15, -0.1) is 11.3 Å². The van der Waals surface area contributed by atoms with Gasteiger partial charge < -0.3 is 4.74 Å². The SMILES string of the molecule is COC(=O)C[C@H](NS(=O)(=O)c1ccc(Cl)cc1C(F)(F)F)c1cccs1. The first-order valence-corrected chi connectivity index (χ1v) is 9.78. The van der Waals surface area contributed by atoms with Gasteiger partial charge in [0.25, 0.3) is 0 Å². The van der Waals surface area contributed by atoms with Crippen LogP contribution in [0.3, 0.4) is 0 Å². The average molecular weight is 428 g/mol. The zero-order chi connectivity index (χ0) is 19.5. The third-order valence-electron chi connectivity index (χ3n) is 3.32. The molecule has 0 bridgehead atoms. The lowest BCUT2D eigenvalue weighted by atomic mass is 10.2. The zero-order valence-corrected chi connectivity index (χ0v) is 15.6. The van der Waals surface area contributed by atoms with E-state index in [2.05, 4.69) is 9.46 Å². The van der Waals surface area contributed by atoms with E-state index in [1.165, 1.54) is 0 Å². The summed E-state index contributed by atoms with van der Waals surface area (Å²) in [7, 11) is -3.47. The van der Waals surface area contributed by atoms with Crippen molar-refractivity contribution in [2.45, 2.75) is 23.5 Å². The number of halogens is 4. The second-order valence-corrected chi connectivity index (χ2v) is 8.21. The first-order chi connectivity index (χ1) is 12.0. The van der Waals surface area contributed by atoms with Crippen molar-refractivity contribution < 1.29 is 31.1 Å². The van der Waals surface area contributed by atoms with E-state index in [9.17, 15) is 26.4 Å². The Balaban J connectivity index is 2.44. The summed E-state index contributed by atoms with van der Waals surface area (Å²) in [6.45, 7) is 0. The van der Waals surface area contributed by atoms with Crippen LogP contribution in [0.1, 0.15) is 22.9 Å². The van der Waals surface area contributed by atoms with Gasteiger partial charge in [-0.25, -0.2) is 13.1 Å². The molecule has 1 aromatic heterocycles. The molecule has 0 fully saturated rings. The Kier molecular flexibility index (Phi) is 6.33. The molecule has 0 aliphatic rings. The van der Waals surface area contributed by atoms with E-state index in [-0.39, 0.29) is 11.4 Å². The Morgan fingerprint density at radius 3 is 2.58 bits per heavy atom. The number of rotatable bonds is 6. The molecule has 2 aromatic rings. The van der Waals surface area contributed by atoms with Gasteiger partial charge in [-0.05, 0) is 29.6 Å². The average Bonchev–Trinajstić information content (AvgIpc) is 3.07. The minimum Gasteiger partial charge on any atom is -0.469 e. The number of hydrogen-bond acceptors (Lipinski definition) is 5. The van der Waals surface area contributed by atoms with Gasteiger partial charge in [0.15, 0.2) is 0 Å². The van der Waals surface area contributed by atoms with Gasteiger partial charge in [-0.1, -0.05) is 17.7 Å². The predicted octanol–water partition coefficient (Wildman–Crippen LogP) is 4.00. The molecule has 0 saturated carbocycles. The van der Waals surface area contributed by atoms with E-state index >= 15 is 0 Å². The molecule has 1 N–H and O–H groups in total. The predicted molar refractivity (Wildman–Crippen MR) is 90.5 cm³/mol. The minimum absolute atomic E-state index is 0.249. The summed E-state index contributed by atoms with van der Waals surface area (Å²) < 4.78 is 71.5. The monoisotopic (exact) mass is 427 g/mol. The smallest absolute Gasteiger partial charge is 0.417 e. The molecule has 1 atom stereocenters. The third kappa shape index (κ3) is 4.97. The Hall–Kier alpha value is -1.62. The van der Waals surface area contributed by atoms with E-state index in [1.54, 1.807) is 17.5 Å². The van der Waals surface area contributed by atoms with Gasteiger partial charge in [0, 0.05) is 9.90 Å². The number of esters is 1. The highest BCUT2D eigenvalue weighted by atomic mass is 35.5. The largest absolute Gasteiger partial charge is 0.469 e. The molecule has 0 spiro atoms. The van der Waals surface area contributed by atoms with Crippen LogP contribution in [0, 0.1) is 0 Å². The fourth-order valence-corrected chi connectivity index (χ4v) is 4.60. The van der Waals surface area contributed by atoms with Gasteiger partial charge in [0.2, 0.25) is 10.0 Å². The summed E-state index contributed by atoms with van der Waals surface area (Å²) in [6, 6.07) is 4.48. The van der Waals surface area contributed by atoms with Crippen molar-refractivity contribution in [1.82, 2.24) is 4.72 Å². The number of sulfonamides is 1. The van der Waals surface area contributed by atoms with E-state index < -0.39 is 38.7 Å². The van der Waals surface area contributed by atoms with Gasteiger partial charge in [-0.3, -0.25) is 4.79 Å². The van der Waals surface area contributed by atoms with E-state index in [4.69, 9.17) is 11.6 Å². The van der Waals surface area contributed by atoms with E-state index in [1.807, 2.05) is 0 Å². The first kappa shape index (κ1) is 20.7. The Morgan fingerprint density at radius 2 is 2.04 bits per heavy atom. The summed E-state index contributed by atoms with van der Waals surface area (Å²) in [6.07, 6.45) is -5.29. The Morgan fingerprint density at radius 1 is 1.35 bits per heavy atom. The lowest BCUT2D eigenvalue weighted by Crippen LogP contribution is -2.31. The molecular formula is C15H13ClF3NO4S2. The van der Waals surface area contributed by atoms with E-state index in [0.29, 0.717) is 10.9 Å². The molecule has 0 amide bonds. The number of ether oxygens (including phenoxy) is 1. The molecule has 0 saturated heterocycles. The maximum Gasteiger partial charge on any atom is 0.417 e.